The normalized spacial score (nSPS) is 45.8. The highest BCUT2D eigenvalue weighted by atomic mass is 16.6. The van der Waals surface area contributed by atoms with E-state index in [0.717, 1.165) is 18.7 Å². The predicted octanol–water partition coefficient (Wildman–Crippen LogP) is 5.51. The highest BCUT2D eigenvalue weighted by Crippen LogP contribution is 2.72. The zero-order valence-electron chi connectivity index (χ0n) is 21.8. The van der Waals surface area contributed by atoms with Crippen LogP contribution >= 0.6 is 0 Å². The van der Waals surface area contributed by atoms with Gasteiger partial charge in [-0.25, -0.2) is 0 Å². The maximum atomic E-state index is 13.3. The molecule has 0 saturated heterocycles. The Morgan fingerprint density at radius 1 is 0.971 bits per heavy atom. The molecule has 0 spiro atoms. The molecule has 1 amide bonds. The van der Waals surface area contributed by atoms with E-state index in [1.165, 1.54) is 25.7 Å². The van der Waals surface area contributed by atoms with Crippen LogP contribution in [0.4, 0.5) is 0 Å². The molecule has 0 aromatic carbocycles. The number of amidine groups is 1. The Bertz CT molecular complexity index is 980. The van der Waals surface area contributed by atoms with Gasteiger partial charge in [-0.1, -0.05) is 60.5 Å². The molecule has 2 heterocycles. The van der Waals surface area contributed by atoms with Crippen LogP contribution in [0.3, 0.4) is 0 Å². The van der Waals surface area contributed by atoms with Crippen LogP contribution in [0, 0.1) is 34.5 Å². The molecule has 0 N–H and O–H groups in total. The van der Waals surface area contributed by atoms with Crippen LogP contribution in [0.25, 0.3) is 0 Å². The second-order valence-electron chi connectivity index (χ2n) is 13.4. The van der Waals surface area contributed by atoms with Gasteiger partial charge in [0.1, 0.15) is 18.0 Å². The Kier molecular flexibility index (Phi) is 4.92. The Morgan fingerprint density at radius 2 is 1.59 bits per heavy atom. The summed E-state index contributed by atoms with van der Waals surface area (Å²) in [6, 6.07) is -0.447. The summed E-state index contributed by atoms with van der Waals surface area (Å²) in [4.78, 5) is 19.7. The second kappa shape index (κ2) is 7.29. The van der Waals surface area contributed by atoms with Crippen LogP contribution in [0.15, 0.2) is 29.4 Å². The minimum atomic E-state index is -0.447. The summed E-state index contributed by atoms with van der Waals surface area (Å²) in [5, 5.41) is 0. The van der Waals surface area contributed by atoms with Crippen LogP contribution in [0.5, 0.6) is 0 Å². The number of aliphatic imine (C=N–C) groups is 1. The zero-order valence-corrected chi connectivity index (χ0v) is 21.8. The lowest BCUT2D eigenvalue weighted by Crippen LogP contribution is -2.51. The number of nitrogens with zero attached hydrogens (tertiary/aromatic N) is 2. The summed E-state index contributed by atoms with van der Waals surface area (Å²) in [6.45, 7) is 14.6. The van der Waals surface area contributed by atoms with Gasteiger partial charge < -0.3 is 14.4 Å². The second-order valence-corrected chi connectivity index (χ2v) is 13.4. The van der Waals surface area contributed by atoms with Crippen molar-refractivity contribution >= 4 is 11.7 Å². The molecule has 4 fully saturated rings. The molecule has 6 aliphatic rings. The van der Waals surface area contributed by atoms with E-state index in [-0.39, 0.29) is 34.0 Å². The van der Waals surface area contributed by atoms with E-state index in [0.29, 0.717) is 30.3 Å². The third-order valence-electron chi connectivity index (χ3n) is 10.9. The molecule has 4 aliphatic carbocycles. The largest absolute Gasteiger partial charge is 0.371 e. The number of rotatable bonds is 6. The smallest absolute Gasteiger partial charge is 0.273 e. The van der Waals surface area contributed by atoms with Crippen LogP contribution in [0.2, 0.25) is 0 Å². The van der Waals surface area contributed by atoms with Gasteiger partial charge in [-0.15, -0.1) is 0 Å². The first-order valence-corrected chi connectivity index (χ1v) is 13.6. The lowest BCUT2D eigenvalue weighted by atomic mass is 9.87. The van der Waals surface area contributed by atoms with Crippen molar-refractivity contribution in [2.45, 2.75) is 103 Å². The van der Waals surface area contributed by atoms with Crippen molar-refractivity contribution in [3.63, 3.8) is 0 Å². The van der Waals surface area contributed by atoms with E-state index in [1.807, 2.05) is 29.3 Å². The van der Waals surface area contributed by atoms with Crippen LogP contribution in [-0.2, 0) is 14.3 Å². The number of carbonyl (C=O) groups is 1. The molecule has 186 valence electrons. The minimum Gasteiger partial charge on any atom is -0.371 e. The maximum Gasteiger partial charge on any atom is 0.273 e. The number of fused-ring (bicyclic) bond motifs is 3. The minimum absolute atomic E-state index is 0.0781. The molecule has 34 heavy (non-hydrogen) atoms. The number of ether oxygens (including phenoxy) is 2. The highest BCUT2D eigenvalue weighted by Gasteiger charge is 2.75. The SMILES string of the molecule is CC1CCC2C(C)(C)C2(OCC(OC23CC(C)CCC2C3(C)C)C2C(=O)N=C3C=CC=CN32)C1. The predicted molar refractivity (Wildman–Crippen MR) is 133 cm³/mol. The third kappa shape index (κ3) is 2.98. The molecule has 5 heteroatoms. The van der Waals surface area contributed by atoms with E-state index >= 15 is 0 Å². The van der Waals surface area contributed by atoms with Crippen molar-refractivity contribution in [1.82, 2.24) is 4.90 Å². The van der Waals surface area contributed by atoms with E-state index in [1.54, 1.807) is 0 Å². The number of carbonyl (C=O) groups excluding carboxylic acids is 1. The molecule has 0 aromatic rings. The third-order valence-corrected chi connectivity index (χ3v) is 10.9. The first-order chi connectivity index (χ1) is 16.0. The first-order valence-electron chi connectivity index (χ1n) is 13.6. The van der Waals surface area contributed by atoms with E-state index in [2.05, 4.69) is 46.5 Å². The van der Waals surface area contributed by atoms with Gasteiger partial charge in [0.15, 0.2) is 0 Å². The van der Waals surface area contributed by atoms with Gasteiger partial charge >= 0.3 is 0 Å². The van der Waals surface area contributed by atoms with Gasteiger partial charge in [0.25, 0.3) is 5.91 Å². The molecule has 8 unspecified atom stereocenters. The number of hydrogen-bond donors (Lipinski definition) is 0. The van der Waals surface area contributed by atoms with Crippen LogP contribution in [0.1, 0.15) is 80.1 Å². The van der Waals surface area contributed by atoms with Gasteiger partial charge in [0.2, 0.25) is 0 Å². The molecule has 6 rings (SSSR count). The van der Waals surface area contributed by atoms with Crippen molar-refractivity contribution in [2.24, 2.45) is 39.5 Å². The summed E-state index contributed by atoms with van der Waals surface area (Å²) in [7, 11) is 0. The van der Waals surface area contributed by atoms with Crippen molar-refractivity contribution in [1.29, 1.82) is 0 Å². The zero-order chi connectivity index (χ0) is 24.1. The number of allylic oxidation sites excluding steroid dienone is 2. The molecule has 5 nitrogen and oxygen atoms in total. The molecule has 4 saturated carbocycles. The Hall–Kier alpha value is -1.46. The standard InChI is InChI=1S/C29H42N2O3/c1-18-10-12-21-26(3,4)28(21,15-18)33-17-20(24-25(32)30-23-9-7-8-14-31(23)24)34-29-16-19(2)11-13-22(29)27(29,5)6/h7-9,14,18-22,24H,10-13,15-17H2,1-6H3. The molecule has 0 radical (unpaired) electrons. The average Bonchev–Trinajstić information content (AvgIpc) is 3.35. The molecule has 0 aromatic heterocycles. The summed E-state index contributed by atoms with van der Waals surface area (Å²) in [5.41, 5.74) is 0.0900. The number of amides is 1. The van der Waals surface area contributed by atoms with E-state index < -0.39 is 6.04 Å². The van der Waals surface area contributed by atoms with Crippen LogP contribution in [-0.4, -0.2) is 46.6 Å². The topological polar surface area (TPSA) is 51.1 Å². The fourth-order valence-electron chi connectivity index (χ4n) is 8.72. The fourth-order valence-corrected chi connectivity index (χ4v) is 8.72. The van der Waals surface area contributed by atoms with Gasteiger partial charge in [0.05, 0.1) is 17.8 Å². The van der Waals surface area contributed by atoms with Gasteiger partial charge in [-0.3, -0.25) is 4.79 Å². The van der Waals surface area contributed by atoms with Crippen molar-refractivity contribution in [3.8, 4) is 0 Å². The van der Waals surface area contributed by atoms with Crippen molar-refractivity contribution in [2.75, 3.05) is 6.61 Å². The lowest BCUT2D eigenvalue weighted by molar-refractivity contribution is -0.153. The van der Waals surface area contributed by atoms with Crippen LogP contribution < -0.4 is 0 Å². The Morgan fingerprint density at radius 3 is 2.29 bits per heavy atom. The summed E-state index contributed by atoms with van der Waals surface area (Å²) >= 11 is 0. The van der Waals surface area contributed by atoms with Crippen molar-refractivity contribution < 1.29 is 14.3 Å². The van der Waals surface area contributed by atoms with E-state index in [9.17, 15) is 4.79 Å². The monoisotopic (exact) mass is 466 g/mol. The average molecular weight is 467 g/mol. The quantitative estimate of drug-likeness (QED) is 0.518. The van der Waals surface area contributed by atoms with Gasteiger partial charge in [-0.05, 0) is 72.3 Å². The number of hydrogen-bond acceptors (Lipinski definition) is 4. The maximum absolute atomic E-state index is 13.3. The van der Waals surface area contributed by atoms with Gasteiger partial charge in [0, 0.05) is 6.20 Å². The highest BCUT2D eigenvalue weighted by molar-refractivity contribution is 6.10. The fraction of sp³-hybridized carbons (Fsp3) is 0.793. The van der Waals surface area contributed by atoms with E-state index in [4.69, 9.17) is 9.47 Å². The molecule has 2 aliphatic heterocycles. The first kappa shape index (κ1) is 23.0. The van der Waals surface area contributed by atoms with Crippen molar-refractivity contribution in [3.05, 3.63) is 24.4 Å². The Labute approximate surface area is 205 Å². The summed E-state index contributed by atoms with van der Waals surface area (Å²) in [5.74, 6) is 3.12. The molecular formula is C29H42N2O3. The summed E-state index contributed by atoms with van der Waals surface area (Å²) in [6.07, 6.45) is 14.7. The summed E-state index contributed by atoms with van der Waals surface area (Å²) < 4.78 is 14.1. The Balaban J connectivity index is 1.29. The molecule has 0 bridgehead atoms. The lowest BCUT2D eigenvalue weighted by Gasteiger charge is -2.38. The molecular weight excluding hydrogens is 424 g/mol. The van der Waals surface area contributed by atoms with Gasteiger partial charge in [-0.2, -0.15) is 4.99 Å². The molecule has 8 atom stereocenters.